The van der Waals surface area contributed by atoms with Crippen molar-refractivity contribution in [1.82, 2.24) is 4.98 Å². The molecule has 1 heterocycles. The van der Waals surface area contributed by atoms with Gasteiger partial charge in [0.05, 0.1) is 6.20 Å². The zero-order chi connectivity index (χ0) is 20.1. The van der Waals surface area contributed by atoms with Crippen LogP contribution in [0.1, 0.15) is 10.5 Å². The van der Waals surface area contributed by atoms with Crippen LogP contribution >= 0.6 is 15.9 Å². The number of rotatable bonds is 7. The molecule has 0 aliphatic rings. The van der Waals surface area contributed by atoms with Crippen molar-refractivity contribution in [3.63, 3.8) is 0 Å². The zero-order valence-corrected chi connectivity index (χ0v) is 16.1. The van der Waals surface area contributed by atoms with Gasteiger partial charge in [-0.2, -0.15) is 0 Å². The van der Waals surface area contributed by atoms with Crippen LogP contribution in [0.15, 0.2) is 59.2 Å². The molecule has 0 unspecified atom stereocenters. The van der Waals surface area contributed by atoms with Crippen LogP contribution in [-0.2, 0) is 0 Å². The van der Waals surface area contributed by atoms with Crippen LogP contribution in [0.25, 0.3) is 11.1 Å². The number of carbonyl (C=O) groups excluding carboxylic acids is 1. The second kappa shape index (κ2) is 8.79. The molecule has 28 heavy (non-hydrogen) atoms. The van der Waals surface area contributed by atoms with E-state index in [1.54, 1.807) is 18.2 Å². The van der Waals surface area contributed by atoms with Crippen molar-refractivity contribution in [2.75, 3.05) is 13.2 Å². The summed E-state index contributed by atoms with van der Waals surface area (Å²) in [5.41, 5.74) is 6.53. The lowest BCUT2D eigenvalue weighted by molar-refractivity contribution is 0.0995. The lowest BCUT2D eigenvalue weighted by Crippen LogP contribution is -2.14. The average Bonchev–Trinajstić information content (AvgIpc) is 2.65. The maximum absolute atomic E-state index is 13.4. The first-order chi connectivity index (χ1) is 13.4. The number of amides is 1. The number of pyridine rings is 1. The molecule has 0 bridgehead atoms. The fourth-order valence-electron chi connectivity index (χ4n) is 2.47. The number of aromatic nitrogens is 1. The van der Waals surface area contributed by atoms with E-state index < -0.39 is 11.7 Å². The first-order valence-electron chi connectivity index (χ1n) is 8.20. The molecule has 1 aromatic heterocycles. The molecular weight excluding hydrogens is 434 g/mol. The Morgan fingerprint density at radius 2 is 1.71 bits per heavy atom. The molecule has 3 aromatic rings. The minimum Gasteiger partial charge on any atom is -0.490 e. The Kier molecular flexibility index (Phi) is 6.20. The monoisotopic (exact) mass is 448 g/mol. The van der Waals surface area contributed by atoms with E-state index in [9.17, 15) is 13.6 Å². The number of ether oxygens (including phenoxy) is 2. The quantitative estimate of drug-likeness (QED) is 0.545. The third kappa shape index (κ3) is 5.04. The first-order valence-corrected chi connectivity index (χ1v) is 8.99. The van der Waals surface area contributed by atoms with Crippen molar-refractivity contribution in [3.8, 4) is 22.6 Å². The summed E-state index contributed by atoms with van der Waals surface area (Å²) in [4.78, 5) is 15.4. The SMILES string of the molecule is NC(=O)c1cc(-c2ccc(F)cc2)c(OCCOc2cc(F)cc(Br)c2)cn1. The summed E-state index contributed by atoms with van der Waals surface area (Å²) in [6, 6.07) is 11.4. The predicted molar refractivity (Wildman–Crippen MR) is 103 cm³/mol. The summed E-state index contributed by atoms with van der Waals surface area (Å²) in [5.74, 6) is -0.757. The van der Waals surface area contributed by atoms with E-state index in [1.165, 1.54) is 36.5 Å². The average molecular weight is 449 g/mol. The van der Waals surface area contributed by atoms with Crippen LogP contribution in [0.4, 0.5) is 8.78 Å². The van der Waals surface area contributed by atoms with Crippen LogP contribution in [0.5, 0.6) is 11.5 Å². The number of nitrogens with two attached hydrogens (primary N) is 1. The van der Waals surface area contributed by atoms with Gasteiger partial charge in [0.2, 0.25) is 0 Å². The maximum Gasteiger partial charge on any atom is 0.267 e. The summed E-state index contributed by atoms with van der Waals surface area (Å²) < 4.78 is 38.3. The van der Waals surface area contributed by atoms with E-state index in [-0.39, 0.29) is 24.7 Å². The molecule has 0 fully saturated rings. The minimum absolute atomic E-state index is 0.0625. The van der Waals surface area contributed by atoms with Crippen LogP contribution < -0.4 is 15.2 Å². The second-order valence-corrected chi connectivity index (χ2v) is 6.65. The highest BCUT2D eigenvalue weighted by Crippen LogP contribution is 2.30. The standard InChI is InChI=1S/C20H15BrF2N2O3/c21-13-7-15(23)9-16(8-13)27-5-6-28-19-11-25-18(20(24)26)10-17(19)12-1-3-14(22)4-2-12/h1-4,7-11H,5-6H2,(H2,24,26). The summed E-state index contributed by atoms with van der Waals surface area (Å²) in [6.45, 7) is 0.288. The highest BCUT2D eigenvalue weighted by atomic mass is 79.9. The van der Waals surface area contributed by atoms with Crippen molar-refractivity contribution < 1.29 is 23.0 Å². The lowest BCUT2D eigenvalue weighted by Gasteiger charge is -2.13. The Bertz CT molecular complexity index is 977. The molecule has 0 aliphatic carbocycles. The molecule has 0 saturated heterocycles. The molecule has 2 N–H and O–H groups in total. The Hall–Kier alpha value is -3.00. The van der Waals surface area contributed by atoms with Gasteiger partial charge in [0, 0.05) is 16.1 Å². The van der Waals surface area contributed by atoms with Gasteiger partial charge in [0.1, 0.15) is 42.0 Å². The minimum atomic E-state index is -0.685. The molecular formula is C20H15BrF2N2O3. The van der Waals surface area contributed by atoms with E-state index in [0.29, 0.717) is 27.1 Å². The molecule has 8 heteroatoms. The fourth-order valence-corrected chi connectivity index (χ4v) is 2.91. The number of hydrogen-bond acceptors (Lipinski definition) is 4. The third-order valence-electron chi connectivity index (χ3n) is 3.72. The number of primary amides is 1. The number of nitrogens with zero attached hydrogens (tertiary/aromatic N) is 1. The Balaban J connectivity index is 1.73. The summed E-state index contributed by atoms with van der Waals surface area (Å²) in [7, 11) is 0. The molecule has 0 radical (unpaired) electrons. The van der Waals surface area contributed by atoms with E-state index in [2.05, 4.69) is 20.9 Å². The lowest BCUT2D eigenvalue weighted by atomic mass is 10.0. The topological polar surface area (TPSA) is 74.4 Å². The molecule has 3 rings (SSSR count). The fraction of sp³-hybridized carbons (Fsp3) is 0.100. The molecule has 0 saturated carbocycles. The van der Waals surface area contributed by atoms with Gasteiger partial charge < -0.3 is 15.2 Å². The summed E-state index contributed by atoms with van der Waals surface area (Å²) in [6.07, 6.45) is 1.37. The summed E-state index contributed by atoms with van der Waals surface area (Å²) >= 11 is 3.19. The number of carbonyl (C=O) groups is 1. The van der Waals surface area contributed by atoms with Crippen molar-refractivity contribution in [1.29, 1.82) is 0 Å². The Labute approximate surface area is 168 Å². The van der Waals surface area contributed by atoms with Crippen LogP contribution in [0.2, 0.25) is 0 Å². The van der Waals surface area contributed by atoms with Gasteiger partial charge in [0.15, 0.2) is 0 Å². The highest BCUT2D eigenvalue weighted by molar-refractivity contribution is 9.10. The number of hydrogen-bond donors (Lipinski definition) is 1. The molecule has 0 atom stereocenters. The van der Waals surface area contributed by atoms with Gasteiger partial charge in [-0.25, -0.2) is 13.8 Å². The van der Waals surface area contributed by atoms with E-state index in [0.717, 1.165) is 0 Å². The normalized spacial score (nSPS) is 10.5. The highest BCUT2D eigenvalue weighted by Gasteiger charge is 2.12. The van der Waals surface area contributed by atoms with Crippen molar-refractivity contribution in [2.45, 2.75) is 0 Å². The molecule has 144 valence electrons. The van der Waals surface area contributed by atoms with E-state index in [1.807, 2.05) is 0 Å². The predicted octanol–water partition coefficient (Wildman–Crippen LogP) is 4.35. The van der Waals surface area contributed by atoms with Crippen molar-refractivity contribution in [3.05, 3.63) is 76.5 Å². The number of benzene rings is 2. The molecule has 2 aromatic carbocycles. The smallest absolute Gasteiger partial charge is 0.267 e. The third-order valence-corrected chi connectivity index (χ3v) is 4.18. The number of halogens is 3. The van der Waals surface area contributed by atoms with Gasteiger partial charge in [-0.1, -0.05) is 28.1 Å². The zero-order valence-electron chi connectivity index (χ0n) is 14.5. The van der Waals surface area contributed by atoms with Crippen LogP contribution in [0.3, 0.4) is 0 Å². The first kappa shape index (κ1) is 19.8. The van der Waals surface area contributed by atoms with Gasteiger partial charge in [-0.15, -0.1) is 0 Å². The Morgan fingerprint density at radius 3 is 2.39 bits per heavy atom. The van der Waals surface area contributed by atoms with Gasteiger partial charge >= 0.3 is 0 Å². The van der Waals surface area contributed by atoms with Gasteiger partial charge in [0.25, 0.3) is 5.91 Å². The largest absolute Gasteiger partial charge is 0.490 e. The summed E-state index contributed by atoms with van der Waals surface area (Å²) in [5, 5.41) is 0. The van der Waals surface area contributed by atoms with Crippen LogP contribution in [0, 0.1) is 11.6 Å². The molecule has 0 aliphatic heterocycles. The molecule has 0 spiro atoms. The van der Waals surface area contributed by atoms with Crippen LogP contribution in [-0.4, -0.2) is 24.1 Å². The molecule has 1 amide bonds. The van der Waals surface area contributed by atoms with E-state index in [4.69, 9.17) is 15.2 Å². The second-order valence-electron chi connectivity index (χ2n) is 5.74. The van der Waals surface area contributed by atoms with Gasteiger partial charge in [-0.3, -0.25) is 4.79 Å². The molecule has 5 nitrogen and oxygen atoms in total. The van der Waals surface area contributed by atoms with Crippen molar-refractivity contribution >= 4 is 21.8 Å². The van der Waals surface area contributed by atoms with Gasteiger partial charge in [-0.05, 0) is 35.9 Å². The maximum atomic E-state index is 13.4. The van der Waals surface area contributed by atoms with E-state index >= 15 is 0 Å². The van der Waals surface area contributed by atoms with Crippen molar-refractivity contribution in [2.24, 2.45) is 5.73 Å². The Morgan fingerprint density at radius 1 is 1.00 bits per heavy atom.